The lowest BCUT2D eigenvalue weighted by molar-refractivity contribution is -0.173. The molecule has 1 aromatic carbocycles. The van der Waals surface area contributed by atoms with Crippen LogP contribution in [0.5, 0.6) is 5.75 Å². The number of carbonyl (C=O) groups excluding carboxylic acids is 1. The smallest absolute Gasteiger partial charge is 0.471 e. The predicted molar refractivity (Wildman–Crippen MR) is 119 cm³/mol. The van der Waals surface area contributed by atoms with Gasteiger partial charge in [0.15, 0.2) is 0 Å². The van der Waals surface area contributed by atoms with Crippen LogP contribution in [0.25, 0.3) is 11.0 Å². The van der Waals surface area contributed by atoms with Gasteiger partial charge >= 0.3 is 12.1 Å². The van der Waals surface area contributed by atoms with Crippen molar-refractivity contribution in [2.75, 3.05) is 25.5 Å². The highest BCUT2D eigenvalue weighted by molar-refractivity contribution is 5.92. The number of alkyl halides is 4. The molecule has 4 rings (SSSR count). The van der Waals surface area contributed by atoms with Crippen molar-refractivity contribution in [3.63, 3.8) is 0 Å². The van der Waals surface area contributed by atoms with E-state index < -0.39 is 37.2 Å². The summed E-state index contributed by atoms with van der Waals surface area (Å²) in [5.41, 5.74) is 7.56. The molecule has 0 bridgehead atoms. The van der Waals surface area contributed by atoms with Crippen molar-refractivity contribution in [1.82, 2.24) is 19.9 Å². The molecule has 190 valence electrons. The number of aliphatic hydroxyl groups is 1. The lowest BCUT2D eigenvalue weighted by Crippen LogP contribution is -2.38. The Morgan fingerprint density at radius 2 is 2.03 bits per heavy atom. The Morgan fingerprint density at radius 1 is 1.28 bits per heavy atom. The molecule has 4 N–H and O–H groups in total. The molecule has 36 heavy (non-hydrogen) atoms. The molecule has 3 heterocycles. The van der Waals surface area contributed by atoms with Gasteiger partial charge in [-0.2, -0.15) is 13.2 Å². The minimum atomic E-state index is -4.94. The quantitative estimate of drug-likeness (QED) is 0.265. The zero-order valence-electron chi connectivity index (χ0n) is 18.6. The van der Waals surface area contributed by atoms with E-state index in [2.05, 4.69) is 21.8 Å². The first-order valence-electron chi connectivity index (χ1n) is 10.8. The van der Waals surface area contributed by atoms with Crippen LogP contribution in [0.4, 0.5) is 23.4 Å². The lowest BCUT2D eigenvalue weighted by Gasteiger charge is -2.14. The number of nitrogens with two attached hydrogens (primary N) is 1. The van der Waals surface area contributed by atoms with Crippen LogP contribution in [0.3, 0.4) is 0 Å². The summed E-state index contributed by atoms with van der Waals surface area (Å²) >= 11 is 0. The summed E-state index contributed by atoms with van der Waals surface area (Å²) in [4.78, 5) is 19.0. The van der Waals surface area contributed by atoms with Gasteiger partial charge in [0.25, 0.3) is 0 Å². The van der Waals surface area contributed by atoms with Crippen LogP contribution in [-0.2, 0) is 9.53 Å². The van der Waals surface area contributed by atoms with Crippen LogP contribution < -0.4 is 15.8 Å². The van der Waals surface area contributed by atoms with E-state index in [9.17, 15) is 27.5 Å². The van der Waals surface area contributed by atoms with Crippen molar-refractivity contribution in [1.29, 1.82) is 0 Å². The van der Waals surface area contributed by atoms with Gasteiger partial charge in [0.1, 0.15) is 48.7 Å². The third-order valence-electron chi connectivity index (χ3n) is 5.40. The second-order valence-corrected chi connectivity index (χ2v) is 7.85. The van der Waals surface area contributed by atoms with E-state index in [1.165, 1.54) is 6.33 Å². The van der Waals surface area contributed by atoms with Crippen molar-refractivity contribution in [3.8, 4) is 17.6 Å². The Labute approximate surface area is 202 Å². The van der Waals surface area contributed by atoms with E-state index in [0.717, 1.165) is 0 Å². The molecule has 0 radical (unpaired) electrons. The summed E-state index contributed by atoms with van der Waals surface area (Å²) in [6.07, 6.45) is -4.92. The van der Waals surface area contributed by atoms with Gasteiger partial charge < -0.3 is 30.2 Å². The Bertz CT molecular complexity index is 1300. The SMILES string of the molecule is Nc1ncnc2c1c(C#Cc1ccc(OCCNC(=O)C(F)(F)F)cc1)cn2C1CC(F)C(CO)O1. The van der Waals surface area contributed by atoms with Gasteiger partial charge in [-0.15, -0.1) is 0 Å². The summed E-state index contributed by atoms with van der Waals surface area (Å²) in [6, 6.07) is 6.46. The molecule has 2 aromatic heterocycles. The van der Waals surface area contributed by atoms with Crippen LogP contribution in [0.15, 0.2) is 36.8 Å². The second-order valence-electron chi connectivity index (χ2n) is 7.85. The van der Waals surface area contributed by atoms with Crippen molar-refractivity contribution in [2.24, 2.45) is 0 Å². The standard InChI is InChI=1S/C23H21F4N5O4/c24-16-9-18(36-17(16)11-33)32-10-14(19-20(28)30-12-31-21(19)32)4-1-13-2-5-15(6-3-13)35-8-7-29-22(34)23(25,26)27/h2-3,5-6,10,12,16-18,33H,7-9,11H2,(H,29,34)(H2,28,30,31). The molecule has 1 aliphatic rings. The summed E-state index contributed by atoms with van der Waals surface area (Å²) in [5.74, 6) is 4.52. The number of amides is 1. The van der Waals surface area contributed by atoms with Crippen LogP contribution in [-0.4, -0.2) is 63.8 Å². The fraction of sp³-hybridized carbons (Fsp3) is 0.348. The number of ether oxygens (including phenoxy) is 2. The number of aromatic nitrogens is 3. The average Bonchev–Trinajstić information content (AvgIpc) is 3.41. The van der Waals surface area contributed by atoms with Gasteiger partial charge in [-0.25, -0.2) is 14.4 Å². The van der Waals surface area contributed by atoms with E-state index in [1.807, 2.05) is 0 Å². The number of fused-ring (bicyclic) bond motifs is 1. The maximum Gasteiger partial charge on any atom is 0.471 e. The van der Waals surface area contributed by atoms with Gasteiger partial charge in [0, 0.05) is 18.2 Å². The van der Waals surface area contributed by atoms with Gasteiger partial charge in [-0.05, 0) is 24.3 Å². The number of carbonyl (C=O) groups is 1. The summed E-state index contributed by atoms with van der Waals surface area (Å²) < 4.78 is 63.2. The molecule has 13 heteroatoms. The molecule has 3 unspecified atom stereocenters. The molecule has 1 amide bonds. The van der Waals surface area contributed by atoms with Crippen molar-refractivity contribution >= 4 is 22.8 Å². The topological polar surface area (TPSA) is 125 Å². The Morgan fingerprint density at radius 3 is 2.69 bits per heavy atom. The molecular weight excluding hydrogens is 486 g/mol. The number of nitrogens with one attached hydrogen (secondary N) is 1. The van der Waals surface area contributed by atoms with Crippen LogP contribution in [0, 0.1) is 11.8 Å². The molecule has 3 aromatic rings. The van der Waals surface area contributed by atoms with E-state index in [4.69, 9.17) is 15.2 Å². The molecule has 0 aliphatic carbocycles. The van der Waals surface area contributed by atoms with E-state index in [-0.39, 0.29) is 25.4 Å². The van der Waals surface area contributed by atoms with E-state index in [0.29, 0.717) is 27.9 Å². The molecular formula is C23H21F4N5O4. The van der Waals surface area contributed by atoms with E-state index in [1.54, 1.807) is 40.3 Å². The number of nitrogen functional groups attached to an aromatic ring is 1. The predicted octanol–water partition coefficient (Wildman–Crippen LogP) is 2.09. The minimum Gasteiger partial charge on any atom is -0.492 e. The maximum absolute atomic E-state index is 14.1. The third-order valence-corrected chi connectivity index (χ3v) is 5.40. The second kappa shape index (κ2) is 10.4. The maximum atomic E-state index is 14.1. The normalized spacial score (nSPS) is 19.6. The molecule has 1 saturated heterocycles. The number of hydrogen-bond donors (Lipinski definition) is 3. The third kappa shape index (κ3) is 5.50. The summed E-state index contributed by atoms with van der Waals surface area (Å²) in [6.45, 7) is -0.894. The molecule has 9 nitrogen and oxygen atoms in total. The lowest BCUT2D eigenvalue weighted by atomic mass is 10.2. The monoisotopic (exact) mass is 507 g/mol. The fourth-order valence-electron chi connectivity index (χ4n) is 3.65. The summed E-state index contributed by atoms with van der Waals surface area (Å²) in [7, 11) is 0. The Hall–Kier alpha value is -3.89. The zero-order chi connectivity index (χ0) is 25.9. The highest BCUT2D eigenvalue weighted by atomic mass is 19.4. The number of halogens is 4. The minimum absolute atomic E-state index is 0.0349. The van der Waals surface area contributed by atoms with Crippen molar-refractivity contribution in [2.45, 2.75) is 31.1 Å². The molecule has 3 atom stereocenters. The van der Waals surface area contributed by atoms with Crippen LogP contribution in [0.1, 0.15) is 23.8 Å². The summed E-state index contributed by atoms with van der Waals surface area (Å²) in [5, 5.41) is 11.5. The number of anilines is 1. The Balaban J connectivity index is 1.47. The highest BCUT2D eigenvalue weighted by Crippen LogP contribution is 2.35. The van der Waals surface area contributed by atoms with Crippen LogP contribution in [0.2, 0.25) is 0 Å². The van der Waals surface area contributed by atoms with Gasteiger partial charge in [-0.3, -0.25) is 4.79 Å². The van der Waals surface area contributed by atoms with E-state index >= 15 is 0 Å². The molecule has 1 aliphatic heterocycles. The molecule has 0 spiro atoms. The molecule has 0 saturated carbocycles. The number of benzene rings is 1. The van der Waals surface area contributed by atoms with Gasteiger partial charge in [-0.1, -0.05) is 11.8 Å². The number of hydrogen-bond acceptors (Lipinski definition) is 7. The van der Waals surface area contributed by atoms with Crippen molar-refractivity contribution < 1.29 is 36.9 Å². The van der Waals surface area contributed by atoms with Gasteiger partial charge in [0.2, 0.25) is 0 Å². The first-order valence-corrected chi connectivity index (χ1v) is 10.8. The van der Waals surface area contributed by atoms with Crippen molar-refractivity contribution in [3.05, 3.63) is 47.9 Å². The van der Waals surface area contributed by atoms with Crippen LogP contribution >= 0.6 is 0 Å². The van der Waals surface area contributed by atoms with Gasteiger partial charge in [0.05, 0.1) is 24.1 Å². The molecule has 1 fully saturated rings. The first kappa shape index (κ1) is 25.2. The first-order chi connectivity index (χ1) is 17.2. The number of nitrogens with zero attached hydrogens (tertiary/aromatic N) is 3. The number of rotatable bonds is 6. The largest absolute Gasteiger partial charge is 0.492 e. The fourth-order valence-corrected chi connectivity index (χ4v) is 3.65. The average molecular weight is 507 g/mol. The Kier molecular flexibility index (Phi) is 7.27. The zero-order valence-corrected chi connectivity index (χ0v) is 18.6. The highest BCUT2D eigenvalue weighted by Gasteiger charge is 2.38. The number of aliphatic hydroxyl groups excluding tert-OH is 1.